The van der Waals surface area contributed by atoms with Gasteiger partial charge in [-0.05, 0) is 31.2 Å². The highest BCUT2D eigenvalue weighted by Gasteiger charge is 2.44. The van der Waals surface area contributed by atoms with E-state index in [0.717, 1.165) is 12.1 Å². The van der Waals surface area contributed by atoms with Gasteiger partial charge in [0, 0.05) is 17.7 Å². The molecule has 1 saturated heterocycles. The second kappa shape index (κ2) is 7.29. The van der Waals surface area contributed by atoms with Crippen molar-refractivity contribution in [2.45, 2.75) is 37.4 Å². The van der Waals surface area contributed by atoms with E-state index in [-0.39, 0.29) is 28.0 Å². The first-order valence-electron chi connectivity index (χ1n) is 9.20. The molecule has 1 aromatic heterocycles. The normalized spacial score (nSPS) is 26.7. The van der Waals surface area contributed by atoms with Gasteiger partial charge in [-0.2, -0.15) is 0 Å². The molecule has 1 aliphatic heterocycles. The summed E-state index contributed by atoms with van der Waals surface area (Å²) in [7, 11) is 0. The van der Waals surface area contributed by atoms with E-state index in [4.69, 9.17) is 9.15 Å². The quantitative estimate of drug-likeness (QED) is 0.360. The van der Waals surface area contributed by atoms with Crippen molar-refractivity contribution in [2.75, 3.05) is 0 Å². The van der Waals surface area contributed by atoms with Gasteiger partial charge >= 0.3 is 0 Å². The molecule has 4 rings (SSSR count). The van der Waals surface area contributed by atoms with Crippen LogP contribution in [-0.4, -0.2) is 55.1 Å². The molecule has 30 heavy (non-hydrogen) atoms. The first-order valence-corrected chi connectivity index (χ1v) is 9.20. The standard InChI is InChI=1S/C21H20O9/c1-8-17(25)19(27)20(28)21(29-8)16-12(24)7-14-15(18(16)26)11(23)6-13(30-14)9-2-4-10(22)5-3-9/h2-8,17,19-22,24-28H,1H3/t8-,17-,19+,20-,21+/m1/s1. The van der Waals surface area contributed by atoms with E-state index in [1.807, 2.05) is 0 Å². The summed E-state index contributed by atoms with van der Waals surface area (Å²) in [4.78, 5) is 12.7. The van der Waals surface area contributed by atoms with Gasteiger partial charge in [0.2, 0.25) is 0 Å². The Morgan fingerprint density at radius 2 is 1.57 bits per heavy atom. The smallest absolute Gasteiger partial charge is 0.197 e. The zero-order chi connectivity index (χ0) is 21.7. The molecule has 0 saturated carbocycles. The lowest BCUT2D eigenvalue weighted by molar-refractivity contribution is -0.220. The maximum absolute atomic E-state index is 12.7. The molecule has 0 radical (unpaired) electrons. The summed E-state index contributed by atoms with van der Waals surface area (Å²) in [5.41, 5.74) is -0.524. The molecule has 0 spiro atoms. The molecule has 2 aromatic carbocycles. The third kappa shape index (κ3) is 3.17. The summed E-state index contributed by atoms with van der Waals surface area (Å²) in [6.45, 7) is 1.46. The highest BCUT2D eigenvalue weighted by molar-refractivity contribution is 5.88. The van der Waals surface area contributed by atoms with Gasteiger partial charge < -0.3 is 39.8 Å². The van der Waals surface area contributed by atoms with Crippen LogP contribution in [0.1, 0.15) is 18.6 Å². The molecule has 0 aliphatic carbocycles. The summed E-state index contributed by atoms with van der Waals surface area (Å²) in [6.07, 6.45) is -6.90. The Bertz CT molecular complexity index is 1150. The van der Waals surface area contributed by atoms with Crippen LogP contribution in [0, 0.1) is 0 Å². The highest BCUT2D eigenvalue weighted by atomic mass is 16.5. The number of phenols is 3. The van der Waals surface area contributed by atoms with E-state index >= 15 is 0 Å². The molecular formula is C21H20O9. The molecule has 0 amide bonds. The minimum Gasteiger partial charge on any atom is -0.508 e. The van der Waals surface area contributed by atoms with Gasteiger partial charge in [0.05, 0.1) is 11.7 Å². The molecule has 1 fully saturated rings. The number of hydrogen-bond donors (Lipinski definition) is 6. The van der Waals surface area contributed by atoms with Crippen LogP contribution in [0.2, 0.25) is 0 Å². The molecule has 9 heteroatoms. The van der Waals surface area contributed by atoms with Gasteiger partial charge in [0.1, 0.15) is 58.4 Å². The first kappa shape index (κ1) is 20.2. The first-order chi connectivity index (χ1) is 14.2. The second-order valence-electron chi connectivity index (χ2n) is 7.29. The number of aliphatic hydroxyl groups is 3. The van der Waals surface area contributed by atoms with Crippen LogP contribution in [0.25, 0.3) is 22.3 Å². The zero-order valence-electron chi connectivity index (χ0n) is 15.8. The number of ether oxygens (including phenoxy) is 1. The van der Waals surface area contributed by atoms with Crippen molar-refractivity contribution in [3.63, 3.8) is 0 Å². The van der Waals surface area contributed by atoms with Gasteiger partial charge in [-0.3, -0.25) is 4.79 Å². The Hall–Kier alpha value is -3.11. The van der Waals surface area contributed by atoms with Gasteiger partial charge in [-0.1, -0.05) is 0 Å². The topological polar surface area (TPSA) is 161 Å². The third-order valence-corrected chi connectivity index (χ3v) is 5.30. The number of hydrogen-bond acceptors (Lipinski definition) is 9. The van der Waals surface area contributed by atoms with Gasteiger partial charge in [0.25, 0.3) is 0 Å². The Labute approximate surface area is 169 Å². The molecule has 3 aromatic rings. The fourth-order valence-electron chi connectivity index (χ4n) is 3.64. The Kier molecular flexibility index (Phi) is 4.91. The molecule has 158 valence electrons. The SMILES string of the molecule is C[C@H]1O[C@@H](c2c(O)cc3oc(-c4ccc(O)cc4)cc(=O)c3c2O)[C@H](O)[C@@H](O)[C@@H]1O. The van der Waals surface area contributed by atoms with Crippen LogP contribution < -0.4 is 5.43 Å². The molecule has 5 atom stereocenters. The maximum atomic E-state index is 12.7. The molecule has 2 heterocycles. The van der Waals surface area contributed by atoms with Crippen LogP contribution in [0.5, 0.6) is 17.2 Å². The third-order valence-electron chi connectivity index (χ3n) is 5.30. The van der Waals surface area contributed by atoms with E-state index in [1.165, 1.54) is 31.2 Å². The number of phenolic OH excluding ortho intramolecular Hbond substituents is 3. The van der Waals surface area contributed by atoms with Crippen LogP contribution >= 0.6 is 0 Å². The Morgan fingerprint density at radius 1 is 0.900 bits per heavy atom. The lowest BCUT2D eigenvalue weighted by Crippen LogP contribution is -2.53. The van der Waals surface area contributed by atoms with Gasteiger partial charge in [-0.25, -0.2) is 0 Å². The van der Waals surface area contributed by atoms with Crippen molar-refractivity contribution in [2.24, 2.45) is 0 Å². The average molecular weight is 416 g/mol. The van der Waals surface area contributed by atoms with E-state index in [9.17, 15) is 35.4 Å². The van der Waals surface area contributed by atoms with Crippen molar-refractivity contribution in [3.05, 3.63) is 52.2 Å². The number of aliphatic hydroxyl groups excluding tert-OH is 3. The fraction of sp³-hybridized carbons (Fsp3) is 0.286. The highest BCUT2D eigenvalue weighted by Crippen LogP contribution is 2.44. The minimum absolute atomic E-state index is 0.0365. The van der Waals surface area contributed by atoms with Crippen LogP contribution in [0.4, 0.5) is 0 Å². The summed E-state index contributed by atoms with van der Waals surface area (Å²) < 4.78 is 11.1. The monoisotopic (exact) mass is 416 g/mol. The van der Waals surface area contributed by atoms with Crippen molar-refractivity contribution < 1.29 is 39.8 Å². The number of benzene rings is 2. The Balaban J connectivity index is 1.86. The van der Waals surface area contributed by atoms with E-state index in [0.29, 0.717) is 5.56 Å². The van der Waals surface area contributed by atoms with Crippen molar-refractivity contribution in [1.82, 2.24) is 0 Å². The summed E-state index contributed by atoms with van der Waals surface area (Å²) in [5, 5.41) is 60.6. The lowest BCUT2D eigenvalue weighted by Gasteiger charge is -2.39. The summed E-state index contributed by atoms with van der Waals surface area (Å²) in [5.74, 6) is -0.990. The molecular weight excluding hydrogens is 396 g/mol. The Morgan fingerprint density at radius 3 is 2.23 bits per heavy atom. The fourth-order valence-corrected chi connectivity index (χ4v) is 3.64. The van der Waals surface area contributed by atoms with Crippen molar-refractivity contribution in [3.8, 4) is 28.6 Å². The molecule has 0 bridgehead atoms. The molecule has 0 unspecified atom stereocenters. The molecule has 9 nitrogen and oxygen atoms in total. The van der Waals surface area contributed by atoms with E-state index in [1.54, 1.807) is 0 Å². The van der Waals surface area contributed by atoms with Crippen LogP contribution in [-0.2, 0) is 4.74 Å². The number of rotatable bonds is 2. The second-order valence-corrected chi connectivity index (χ2v) is 7.29. The molecule has 6 N–H and O–H groups in total. The summed E-state index contributed by atoms with van der Waals surface area (Å²) in [6, 6.07) is 8.16. The average Bonchev–Trinajstić information content (AvgIpc) is 2.70. The molecule has 1 aliphatic rings. The predicted octanol–water partition coefficient (Wildman–Crippen LogP) is 1.12. The van der Waals surface area contributed by atoms with Crippen LogP contribution in [0.15, 0.2) is 45.6 Å². The lowest BCUT2D eigenvalue weighted by atomic mass is 9.90. The van der Waals surface area contributed by atoms with Gasteiger partial charge in [-0.15, -0.1) is 0 Å². The zero-order valence-corrected chi connectivity index (χ0v) is 15.8. The number of aromatic hydroxyl groups is 3. The van der Waals surface area contributed by atoms with Gasteiger partial charge in [0.15, 0.2) is 5.43 Å². The van der Waals surface area contributed by atoms with Crippen molar-refractivity contribution in [1.29, 1.82) is 0 Å². The van der Waals surface area contributed by atoms with Crippen molar-refractivity contribution >= 4 is 11.0 Å². The van der Waals surface area contributed by atoms with E-state index < -0.39 is 47.4 Å². The summed E-state index contributed by atoms with van der Waals surface area (Å²) >= 11 is 0. The number of fused-ring (bicyclic) bond motifs is 1. The largest absolute Gasteiger partial charge is 0.508 e. The van der Waals surface area contributed by atoms with Crippen LogP contribution in [0.3, 0.4) is 0 Å². The predicted molar refractivity (Wildman–Crippen MR) is 104 cm³/mol. The maximum Gasteiger partial charge on any atom is 0.197 e. The minimum atomic E-state index is -1.66. The van der Waals surface area contributed by atoms with E-state index in [2.05, 4.69) is 0 Å².